The molecule has 3 N–H and O–H groups in total. The van der Waals surface area contributed by atoms with Crippen LogP contribution in [0.25, 0.3) is 0 Å². The molecule has 0 aliphatic carbocycles. The lowest BCUT2D eigenvalue weighted by atomic mass is 10.1. The molecule has 1 aromatic carbocycles. The van der Waals surface area contributed by atoms with E-state index >= 15 is 0 Å². The summed E-state index contributed by atoms with van der Waals surface area (Å²) in [6.07, 6.45) is 1.63. The number of carbonyl (C=O) groups excluding carboxylic acids is 2. The van der Waals surface area contributed by atoms with Gasteiger partial charge in [-0.15, -0.1) is 0 Å². The molecule has 0 radical (unpaired) electrons. The molecule has 0 saturated heterocycles. The molecule has 0 saturated carbocycles. The standard InChI is InChI=1S/C13H15NO5/c14-13(18)9-4-3-5-11(10(9)8-15)19-7-2-1-6-12(16)17/h3-5,8H,1-2,6-7H2,(H2,14,18)(H,16,17). The minimum absolute atomic E-state index is 0.0746. The molecular weight excluding hydrogens is 250 g/mol. The van der Waals surface area contributed by atoms with Crippen molar-refractivity contribution >= 4 is 18.2 Å². The van der Waals surface area contributed by atoms with Crippen LogP contribution in [0, 0.1) is 0 Å². The lowest BCUT2D eigenvalue weighted by Gasteiger charge is -2.10. The summed E-state index contributed by atoms with van der Waals surface area (Å²) in [5, 5.41) is 8.47. The zero-order valence-corrected chi connectivity index (χ0v) is 10.3. The monoisotopic (exact) mass is 265 g/mol. The van der Waals surface area contributed by atoms with E-state index in [-0.39, 0.29) is 29.9 Å². The molecule has 19 heavy (non-hydrogen) atoms. The number of amides is 1. The number of rotatable bonds is 8. The van der Waals surface area contributed by atoms with Gasteiger partial charge in [0.25, 0.3) is 0 Å². The lowest BCUT2D eigenvalue weighted by Crippen LogP contribution is -2.14. The van der Waals surface area contributed by atoms with E-state index in [2.05, 4.69) is 0 Å². The van der Waals surface area contributed by atoms with Crippen molar-refractivity contribution in [2.75, 3.05) is 6.61 Å². The molecule has 0 aromatic heterocycles. The third kappa shape index (κ3) is 4.42. The Morgan fingerprint density at radius 3 is 2.63 bits per heavy atom. The molecule has 0 atom stereocenters. The Morgan fingerprint density at radius 1 is 1.32 bits per heavy atom. The predicted molar refractivity (Wildman–Crippen MR) is 67.3 cm³/mol. The van der Waals surface area contributed by atoms with Crippen LogP contribution < -0.4 is 10.5 Å². The van der Waals surface area contributed by atoms with E-state index in [4.69, 9.17) is 15.6 Å². The number of unbranched alkanes of at least 4 members (excludes halogenated alkanes) is 1. The van der Waals surface area contributed by atoms with Crippen molar-refractivity contribution in [1.82, 2.24) is 0 Å². The van der Waals surface area contributed by atoms with Crippen LogP contribution in [0.3, 0.4) is 0 Å². The van der Waals surface area contributed by atoms with Crippen molar-refractivity contribution in [2.45, 2.75) is 19.3 Å². The van der Waals surface area contributed by atoms with E-state index in [9.17, 15) is 14.4 Å². The molecule has 6 nitrogen and oxygen atoms in total. The molecule has 0 fully saturated rings. The first-order valence-corrected chi connectivity index (χ1v) is 5.79. The van der Waals surface area contributed by atoms with E-state index < -0.39 is 11.9 Å². The average molecular weight is 265 g/mol. The summed E-state index contributed by atoms with van der Waals surface area (Å²) in [6, 6.07) is 4.58. The second-order valence-corrected chi connectivity index (χ2v) is 3.90. The zero-order valence-electron chi connectivity index (χ0n) is 10.3. The Hall–Kier alpha value is -2.37. The highest BCUT2D eigenvalue weighted by Crippen LogP contribution is 2.20. The fourth-order valence-corrected chi connectivity index (χ4v) is 1.57. The van der Waals surface area contributed by atoms with Gasteiger partial charge in [-0.3, -0.25) is 14.4 Å². The molecule has 0 aliphatic heterocycles. The SMILES string of the molecule is NC(=O)c1cccc(OCCCCC(=O)O)c1C=O. The van der Waals surface area contributed by atoms with Crippen LogP contribution in [-0.4, -0.2) is 29.9 Å². The quantitative estimate of drug-likeness (QED) is 0.543. The number of hydrogen-bond donors (Lipinski definition) is 2. The largest absolute Gasteiger partial charge is 0.493 e. The molecular formula is C13H15NO5. The first kappa shape index (κ1) is 14.7. The van der Waals surface area contributed by atoms with E-state index in [1.165, 1.54) is 6.07 Å². The van der Waals surface area contributed by atoms with Gasteiger partial charge in [0.15, 0.2) is 6.29 Å². The number of aldehydes is 1. The average Bonchev–Trinajstić information content (AvgIpc) is 2.37. The first-order chi connectivity index (χ1) is 9.06. The highest BCUT2D eigenvalue weighted by molar-refractivity contribution is 6.02. The van der Waals surface area contributed by atoms with Crippen LogP contribution in [0.15, 0.2) is 18.2 Å². The van der Waals surface area contributed by atoms with Crippen molar-refractivity contribution in [3.05, 3.63) is 29.3 Å². The number of hydrogen-bond acceptors (Lipinski definition) is 4. The third-order valence-corrected chi connectivity index (χ3v) is 2.49. The second-order valence-electron chi connectivity index (χ2n) is 3.90. The number of ether oxygens (including phenoxy) is 1. The van der Waals surface area contributed by atoms with Crippen LogP contribution in [0.2, 0.25) is 0 Å². The van der Waals surface area contributed by atoms with E-state index in [0.29, 0.717) is 19.1 Å². The Kier molecular flexibility index (Phi) is 5.53. The van der Waals surface area contributed by atoms with Crippen LogP contribution >= 0.6 is 0 Å². The molecule has 1 rings (SSSR count). The van der Waals surface area contributed by atoms with E-state index in [0.717, 1.165) is 0 Å². The zero-order chi connectivity index (χ0) is 14.3. The van der Waals surface area contributed by atoms with Crippen LogP contribution in [0.1, 0.15) is 40.0 Å². The maximum Gasteiger partial charge on any atom is 0.303 e. The molecule has 0 spiro atoms. The van der Waals surface area contributed by atoms with Gasteiger partial charge < -0.3 is 15.6 Å². The van der Waals surface area contributed by atoms with Gasteiger partial charge in [-0.25, -0.2) is 0 Å². The van der Waals surface area contributed by atoms with Gasteiger partial charge in [0, 0.05) is 6.42 Å². The van der Waals surface area contributed by atoms with Crippen molar-refractivity contribution in [2.24, 2.45) is 5.73 Å². The van der Waals surface area contributed by atoms with Gasteiger partial charge in [-0.05, 0) is 25.0 Å². The Labute approximate surface area is 110 Å². The Balaban J connectivity index is 2.63. The number of nitrogens with two attached hydrogens (primary N) is 1. The number of primary amides is 1. The predicted octanol–water partition coefficient (Wildman–Crippen LogP) is 1.23. The summed E-state index contributed by atoms with van der Waals surface area (Å²) in [5.74, 6) is -1.27. The summed E-state index contributed by atoms with van der Waals surface area (Å²) in [5.41, 5.74) is 5.38. The van der Waals surface area contributed by atoms with Gasteiger partial charge in [0.2, 0.25) is 5.91 Å². The number of carbonyl (C=O) groups is 3. The van der Waals surface area contributed by atoms with Crippen LogP contribution in [0.4, 0.5) is 0 Å². The molecule has 102 valence electrons. The maximum absolute atomic E-state index is 11.1. The highest BCUT2D eigenvalue weighted by Gasteiger charge is 2.12. The van der Waals surface area contributed by atoms with Gasteiger partial charge in [0.05, 0.1) is 17.7 Å². The normalized spacial score (nSPS) is 9.89. The number of aliphatic carboxylic acids is 1. The Bertz CT molecular complexity index is 484. The third-order valence-electron chi connectivity index (χ3n) is 2.49. The van der Waals surface area contributed by atoms with Crippen LogP contribution in [-0.2, 0) is 4.79 Å². The highest BCUT2D eigenvalue weighted by atomic mass is 16.5. The summed E-state index contributed by atoms with van der Waals surface area (Å²) >= 11 is 0. The minimum Gasteiger partial charge on any atom is -0.493 e. The van der Waals surface area contributed by atoms with Crippen molar-refractivity contribution in [1.29, 1.82) is 0 Å². The number of benzene rings is 1. The minimum atomic E-state index is -0.857. The molecule has 6 heteroatoms. The lowest BCUT2D eigenvalue weighted by molar-refractivity contribution is -0.137. The summed E-state index contributed by atoms with van der Waals surface area (Å²) < 4.78 is 5.37. The fourth-order valence-electron chi connectivity index (χ4n) is 1.57. The maximum atomic E-state index is 11.1. The topological polar surface area (TPSA) is 107 Å². The molecule has 0 unspecified atom stereocenters. The Morgan fingerprint density at radius 2 is 2.05 bits per heavy atom. The van der Waals surface area contributed by atoms with Gasteiger partial charge >= 0.3 is 5.97 Å². The second kappa shape index (κ2) is 7.15. The molecule has 0 heterocycles. The molecule has 0 bridgehead atoms. The summed E-state index contributed by atoms with van der Waals surface area (Å²) in [7, 11) is 0. The summed E-state index contributed by atoms with van der Waals surface area (Å²) in [4.78, 5) is 32.4. The van der Waals surface area contributed by atoms with Crippen molar-refractivity contribution in [3.63, 3.8) is 0 Å². The molecule has 1 amide bonds. The summed E-state index contributed by atoms with van der Waals surface area (Å²) in [6.45, 7) is 0.274. The number of carboxylic acid groups (broad SMARTS) is 1. The fraction of sp³-hybridized carbons (Fsp3) is 0.308. The van der Waals surface area contributed by atoms with E-state index in [1.807, 2.05) is 0 Å². The smallest absolute Gasteiger partial charge is 0.303 e. The van der Waals surface area contributed by atoms with Crippen molar-refractivity contribution < 1.29 is 24.2 Å². The van der Waals surface area contributed by atoms with Crippen molar-refractivity contribution in [3.8, 4) is 5.75 Å². The van der Waals surface area contributed by atoms with Crippen LogP contribution in [0.5, 0.6) is 5.75 Å². The molecule has 0 aliphatic rings. The first-order valence-electron chi connectivity index (χ1n) is 5.79. The number of carboxylic acids is 1. The molecule has 1 aromatic rings. The van der Waals surface area contributed by atoms with E-state index in [1.54, 1.807) is 12.1 Å². The van der Waals surface area contributed by atoms with Gasteiger partial charge in [0.1, 0.15) is 5.75 Å². The van der Waals surface area contributed by atoms with Gasteiger partial charge in [-0.1, -0.05) is 6.07 Å². The van der Waals surface area contributed by atoms with Gasteiger partial charge in [-0.2, -0.15) is 0 Å².